The second-order valence-corrected chi connectivity index (χ2v) is 4.86. The van der Waals surface area contributed by atoms with Crippen molar-refractivity contribution in [1.29, 1.82) is 0 Å². The molecule has 1 aromatic rings. The fourth-order valence-corrected chi connectivity index (χ4v) is 2.79. The number of piperazine rings is 1. The zero-order valence-electron chi connectivity index (χ0n) is 11.6. The molecule has 0 aliphatic carbocycles. The van der Waals surface area contributed by atoms with Crippen molar-refractivity contribution in [3.05, 3.63) is 23.3 Å². The first-order chi connectivity index (χ1) is 9.90. The van der Waals surface area contributed by atoms with Crippen LogP contribution in [0.2, 0.25) is 0 Å². The molecule has 1 N–H and O–H groups in total. The summed E-state index contributed by atoms with van der Waals surface area (Å²) in [5.74, 6) is -0.706. The van der Waals surface area contributed by atoms with Crippen LogP contribution in [-0.4, -0.2) is 43.9 Å². The standard InChI is InChI=1S/C13H13F3N2O3.ClH/c1-20-7-4-8-9-6-17-2-3-18(9)12(19)11(8)10(5-7)21-13(14,15)16;/h4-5,9,17H,2-3,6H2,1H3;1H/t9-;/m1./s1. The van der Waals surface area contributed by atoms with Crippen molar-refractivity contribution in [3.63, 3.8) is 0 Å². The van der Waals surface area contributed by atoms with Gasteiger partial charge in [-0.25, -0.2) is 0 Å². The van der Waals surface area contributed by atoms with E-state index in [1.54, 1.807) is 11.0 Å². The Labute approximate surface area is 130 Å². The van der Waals surface area contributed by atoms with Gasteiger partial charge >= 0.3 is 6.36 Å². The van der Waals surface area contributed by atoms with E-state index in [4.69, 9.17) is 4.74 Å². The fourth-order valence-electron chi connectivity index (χ4n) is 2.79. The van der Waals surface area contributed by atoms with Crippen LogP contribution >= 0.6 is 12.4 Å². The molecule has 0 unspecified atom stereocenters. The highest BCUT2D eigenvalue weighted by Crippen LogP contribution is 2.43. The average molecular weight is 339 g/mol. The molecule has 1 saturated heterocycles. The number of carbonyl (C=O) groups excluding carboxylic acids is 1. The van der Waals surface area contributed by atoms with Crippen LogP contribution in [0.3, 0.4) is 0 Å². The van der Waals surface area contributed by atoms with Crippen LogP contribution in [0, 0.1) is 0 Å². The minimum absolute atomic E-state index is 0. The van der Waals surface area contributed by atoms with E-state index >= 15 is 0 Å². The van der Waals surface area contributed by atoms with Gasteiger partial charge in [-0.2, -0.15) is 0 Å². The summed E-state index contributed by atoms with van der Waals surface area (Å²) in [4.78, 5) is 13.9. The number of amides is 1. The van der Waals surface area contributed by atoms with Crippen LogP contribution in [-0.2, 0) is 0 Å². The summed E-state index contributed by atoms with van der Waals surface area (Å²) in [6, 6.07) is 2.40. The summed E-state index contributed by atoms with van der Waals surface area (Å²) < 4.78 is 46.7. The number of fused-ring (bicyclic) bond motifs is 3. The first-order valence-corrected chi connectivity index (χ1v) is 6.40. The molecular formula is C13H14ClF3N2O3. The summed E-state index contributed by atoms with van der Waals surface area (Å²) in [6.45, 7) is 1.56. The molecule has 2 aliphatic rings. The van der Waals surface area contributed by atoms with Gasteiger partial charge in [-0.05, 0) is 11.6 Å². The molecule has 1 fully saturated rings. The number of benzene rings is 1. The maximum absolute atomic E-state index is 12.5. The molecule has 0 saturated carbocycles. The van der Waals surface area contributed by atoms with Gasteiger partial charge in [0.2, 0.25) is 0 Å². The summed E-state index contributed by atoms with van der Waals surface area (Å²) in [6.07, 6.45) is -4.86. The number of rotatable bonds is 2. The largest absolute Gasteiger partial charge is 0.573 e. The van der Waals surface area contributed by atoms with Gasteiger partial charge in [-0.3, -0.25) is 4.79 Å². The zero-order chi connectivity index (χ0) is 15.2. The van der Waals surface area contributed by atoms with E-state index in [2.05, 4.69) is 10.1 Å². The number of methoxy groups -OCH3 is 1. The summed E-state index contributed by atoms with van der Waals surface area (Å²) in [5, 5.41) is 3.13. The van der Waals surface area contributed by atoms with Crippen LogP contribution < -0.4 is 14.8 Å². The predicted molar refractivity (Wildman–Crippen MR) is 73.6 cm³/mol. The summed E-state index contributed by atoms with van der Waals surface area (Å²) in [5.41, 5.74) is 0.479. The minimum Gasteiger partial charge on any atom is -0.497 e. The van der Waals surface area contributed by atoms with Gasteiger partial charge in [0.05, 0.1) is 18.7 Å². The van der Waals surface area contributed by atoms with Crippen molar-refractivity contribution in [2.24, 2.45) is 0 Å². The molecule has 22 heavy (non-hydrogen) atoms. The third-order valence-corrected chi connectivity index (χ3v) is 3.64. The summed E-state index contributed by atoms with van der Waals surface area (Å²) in [7, 11) is 1.35. The Bertz CT molecular complexity index is 595. The molecule has 1 amide bonds. The highest BCUT2D eigenvalue weighted by molar-refractivity contribution is 6.02. The topological polar surface area (TPSA) is 50.8 Å². The zero-order valence-corrected chi connectivity index (χ0v) is 12.4. The molecule has 0 radical (unpaired) electrons. The summed E-state index contributed by atoms with van der Waals surface area (Å²) >= 11 is 0. The maximum Gasteiger partial charge on any atom is 0.573 e. The van der Waals surface area contributed by atoms with Crippen molar-refractivity contribution in [2.75, 3.05) is 26.7 Å². The molecule has 5 nitrogen and oxygen atoms in total. The number of nitrogens with zero attached hydrogens (tertiary/aromatic N) is 1. The molecular weight excluding hydrogens is 325 g/mol. The van der Waals surface area contributed by atoms with Crippen LogP contribution in [0.15, 0.2) is 12.1 Å². The Hall–Kier alpha value is -1.67. The molecule has 0 spiro atoms. The van der Waals surface area contributed by atoms with Gasteiger partial charge in [0.25, 0.3) is 5.91 Å². The van der Waals surface area contributed by atoms with E-state index in [1.165, 1.54) is 7.11 Å². The van der Waals surface area contributed by atoms with Gasteiger partial charge in [0.1, 0.15) is 11.5 Å². The first-order valence-electron chi connectivity index (χ1n) is 6.40. The van der Waals surface area contributed by atoms with Crippen molar-refractivity contribution in [2.45, 2.75) is 12.4 Å². The van der Waals surface area contributed by atoms with E-state index < -0.39 is 18.0 Å². The average Bonchev–Trinajstić information content (AvgIpc) is 2.71. The van der Waals surface area contributed by atoms with E-state index in [-0.39, 0.29) is 29.8 Å². The fraction of sp³-hybridized carbons (Fsp3) is 0.462. The number of ether oxygens (including phenoxy) is 2. The quantitative estimate of drug-likeness (QED) is 0.897. The van der Waals surface area contributed by atoms with Crippen molar-refractivity contribution < 1.29 is 27.4 Å². The smallest absolute Gasteiger partial charge is 0.497 e. The highest BCUT2D eigenvalue weighted by atomic mass is 35.5. The predicted octanol–water partition coefficient (Wildman–Crippen LogP) is 2.12. The Balaban J connectivity index is 0.00000176. The number of hydrogen-bond donors (Lipinski definition) is 1. The second kappa shape index (κ2) is 5.85. The van der Waals surface area contributed by atoms with Crippen LogP contribution in [0.25, 0.3) is 0 Å². The Morgan fingerprint density at radius 1 is 1.36 bits per heavy atom. The molecule has 0 bridgehead atoms. The lowest BCUT2D eigenvalue weighted by molar-refractivity contribution is -0.274. The van der Waals surface area contributed by atoms with Crippen LogP contribution in [0.4, 0.5) is 13.2 Å². The van der Waals surface area contributed by atoms with E-state index in [1.807, 2.05) is 0 Å². The van der Waals surface area contributed by atoms with E-state index in [0.717, 1.165) is 6.07 Å². The van der Waals surface area contributed by atoms with Crippen LogP contribution in [0.1, 0.15) is 22.0 Å². The first kappa shape index (κ1) is 16.7. The number of halogens is 4. The number of carbonyl (C=O) groups is 1. The second-order valence-electron chi connectivity index (χ2n) is 4.86. The van der Waals surface area contributed by atoms with Crippen molar-refractivity contribution >= 4 is 18.3 Å². The van der Waals surface area contributed by atoms with Gasteiger partial charge in [-0.15, -0.1) is 25.6 Å². The minimum atomic E-state index is -4.86. The highest BCUT2D eigenvalue weighted by Gasteiger charge is 2.43. The van der Waals surface area contributed by atoms with Gasteiger partial charge in [0.15, 0.2) is 0 Å². The Morgan fingerprint density at radius 2 is 2.09 bits per heavy atom. The number of alkyl halides is 3. The van der Waals surface area contributed by atoms with Crippen molar-refractivity contribution in [3.8, 4) is 11.5 Å². The third-order valence-electron chi connectivity index (χ3n) is 3.64. The lowest BCUT2D eigenvalue weighted by Gasteiger charge is -2.30. The molecule has 3 rings (SSSR count). The van der Waals surface area contributed by atoms with Gasteiger partial charge < -0.3 is 19.7 Å². The molecule has 1 atom stereocenters. The number of hydrogen-bond acceptors (Lipinski definition) is 4. The molecule has 122 valence electrons. The normalized spacial score (nSPS) is 20.1. The lowest BCUT2D eigenvalue weighted by Crippen LogP contribution is -2.44. The van der Waals surface area contributed by atoms with Crippen LogP contribution in [0.5, 0.6) is 11.5 Å². The Kier molecular flexibility index (Phi) is 4.44. The SMILES string of the molecule is COc1cc(OC(F)(F)F)c2c(c1)[C@H]1CNCCN1C2=O.Cl. The van der Waals surface area contributed by atoms with Gasteiger partial charge in [0, 0.05) is 25.7 Å². The lowest BCUT2D eigenvalue weighted by atomic mass is 10.0. The number of nitrogens with one attached hydrogen (secondary N) is 1. The Morgan fingerprint density at radius 3 is 2.73 bits per heavy atom. The molecule has 2 heterocycles. The monoisotopic (exact) mass is 338 g/mol. The third kappa shape index (κ3) is 2.80. The molecule has 1 aromatic carbocycles. The molecule has 2 aliphatic heterocycles. The molecule has 9 heteroatoms. The molecule has 0 aromatic heterocycles. The maximum atomic E-state index is 12.5. The van der Waals surface area contributed by atoms with Gasteiger partial charge in [-0.1, -0.05) is 0 Å². The van der Waals surface area contributed by atoms with E-state index in [0.29, 0.717) is 25.2 Å². The van der Waals surface area contributed by atoms with E-state index in [9.17, 15) is 18.0 Å². The van der Waals surface area contributed by atoms with Crippen molar-refractivity contribution in [1.82, 2.24) is 10.2 Å².